The minimum absolute atomic E-state index is 0.434. The number of carbonyl (C=O) groups excluding carboxylic acids is 1. The largest absolute Gasteiger partial charge is 0.368 e. The first-order valence-electron chi connectivity index (χ1n) is 3.96. The van der Waals surface area contributed by atoms with Gasteiger partial charge in [0.1, 0.15) is 0 Å². The molecule has 1 heterocycles. The Morgan fingerprint density at radius 1 is 1.46 bits per heavy atom. The molecular formula is C9H10N3O. The van der Waals surface area contributed by atoms with Crippen LogP contribution in [-0.2, 0) is 4.79 Å². The minimum atomic E-state index is -0.434. The Bertz CT molecular complexity index is 350. The van der Waals surface area contributed by atoms with E-state index in [2.05, 4.69) is 5.43 Å². The van der Waals surface area contributed by atoms with E-state index in [1.54, 1.807) is 5.01 Å². The Morgan fingerprint density at radius 3 is 2.85 bits per heavy atom. The number of para-hydroxylation sites is 1. The molecule has 0 aliphatic carbocycles. The van der Waals surface area contributed by atoms with Gasteiger partial charge in [0.05, 0.1) is 5.69 Å². The number of anilines is 1. The second kappa shape index (κ2) is 2.74. The molecule has 1 radical (unpaired) electrons. The molecule has 1 amide bonds. The summed E-state index contributed by atoms with van der Waals surface area (Å²) in [6, 6.07) is 8.05. The number of benzene rings is 1. The van der Waals surface area contributed by atoms with Gasteiger partial charge in [-0.25, -0.2) is 5.43 Å². The number of nitrogens with one attached hydrogen (secondary N) is 1. The van der Waals surface area contributed by atoms with Crippen LogP contribution in [0.5, 0.6) is 0 Å². The Kier molecular flexibility index (Phi) is 1.70. The number of nitrogens with zero attached hydrogens (tertiary/aromatic N) is 1. The number of hydrazine groups is 1. The summed E-state index contributed by atoms with van der Waals surface area (Å²) in [5.41, 5.74) is 9.93. The lowest BCUT2D eigenvalue weighted by atomic mass is 10.1. The monoisotopic (exact) mass is 176 g/mol. The maximum absolute atomic E-state index is 11.0. The van der Waals surface area contributed by atoms with Crippen molar-refractivity contribution in [1.29, 1.82) is 0 Å². The van der Waals surface area contributed by atoms with Gasteiger partial charge in [-0.05, 0) is 6.07 Å². The molecule has 67 valence electrons. The van der Waals surface area contributed by atoms with E-state index in [9.17, 15) is 4.79 Å². The molecule has 1 aromatic carbocycles. The van der Waals surface area contributed by atoms with Gasteiger partial charge in [-0.15, -0.1) is 0 Å². The Balaban J connectivity index is 2.47. The van der Waals surface area contributed by atoms with E-state index in [4.69, 9.17) is 5.73 Å². The summed E-state index contributed by atoms with van der Waals surface area (Å²) in [6.45, 7) is 0. The molecule has 1 aromatic rings. The fourth-order valence-electron chi connectivity index (χ4n) is 1.45. The second-order valence-electron chi connectivity index (χ2n) is 2.93. The Labute approximate surface area is 76.3 Å². The molecule has 13 heavy (non-hydrogen) atoms. The zero-order valence-electron chi connectivity index (χ0n) is 7.24. The summed E-state index contributed by atoms with van der Waals surface area (Å²) in [5.74, 6) is -0.434. The van der Waals surface area contributed by atoms with Gasteiger partial charge in [-0.1, -0.05) is 18.2 Å². The van der Waals surface area contributed by atoms with E-state index in [0.717, 1.165) is 11.3 Å². The molecule has 0 unspecified atom stereocenters. The van der Waals surface area contributed by atoms with Crippen molar-refractivity contribution in [1.82, 2.24) is 5.43 Å². The van der Waals surface area contributed by atoms with E-state index in [1.165, 1.54) is 0 Å². The van der Waals surface area contributed by atoms with Gasteiger partial charge in [-0.2, -0.15) is 0 Å². The lowest BCUT2D eigenvalue weighted by Gasteiger charge is -2.11. The molecule has 1 aliphatic heterocycles. The molecule has 0 saturated carbocycles. The van der Waals surface area contributed by atoms with Crippen LogP contribution in [0.3, 0.4) is 0 Å². The normalized spacial score (nSPS) is 15.9. The highest BCUT2D eigenvalue weighted by atomic mass is 16.1. The summed E-state index contributed by atoms with van der Waals surface area (Å²) >= 11 is 0. The van der Waals surface area contributed by atoms with Gasteiger partial charge in [0.15, 0.2) is 6.04 Å². The van der Waals surface area contributed by atoms with E-state index >= 15 is 0 Å². The molecule has 4 heteroatoms. The first-order valence-corrected chi connectivity index (χ1v) is 3.96. The summed E-state index contributed by atoms with van der Waals surface area (Å²) < 4.78 is 0. The molecule has 0 spiro atoms. The molecule has 4 nitrogen and oxygen atoms in total. The van der Waals surface area contributed by atoms with Gasteiger partial charge in [0, 0.05) is 12.6 Å². The first kappa shape index (κ1) is 8.07. The summed E-state index contributed by atoms with van der Waals surface area (Å²) in [4.78, 5) is 11.0. The number of amides is 1. The topological polar surface area (TPSA) is 58.4 Å². The average molecular weight is 176 g/mol. The third kappa shape index (κ3) is 1.15. The van der Waals surface area contributed by atoms with Crippen LogP contribution < -0.4 is 16.2 Å². The third-order valence-electron chi connectivity index (χ3n) is 2.06. The van der Waals surface area contributed by atoms with Crippen molar-refractivity contribution in [2.24, 2.45) is 5.73 Å². The fraction of sp³-hybridized carbons (Fsp3) is 0.111. The fourth-order valence-corrected chi connectivity index (χ4v) is 1.45. The maximum Gasteiger partial charge on any atom is 0.247 e. The molecule has 0 saturated heterocycles. The predicted octanol–water partition coefficient (Wildman–Crippen LogP) is 0.00639. The summed E-state index contributed by atoms with van der Waals surface area (Å²) in [5, 5.41) is 1.77. The van der Waals surface area contributed by atoms with Crippen LogP contribution >= 0.6 is 0 Å². The standard InChI is InChI=1S/C9H10N3O/c1-12-7-5-3-2-4-6(7)8(11-12)9(10)13/h2-5,11H,1H3,(H2,10,13). The predicted molar refractivity (Wildman–Crippen MR) is 49.5 cm³/mol. The Morgan fingerprint density at radius 2 is 2.15 bits per heavy atom. The molecule has 0 aromatic heterocycles. The summed E-state index contributed by atoms with van der Waals surface area (Å²) in [7, 11) is 1.84. The highest BCUT2D eigenvalue weighted by Gasteiger charge is 2.30. The zero-order chi connectivity index (χ0) is 9.42. The number of hydrogen-bond donors (Lipinski definition) is 2. The van der Waals surface area contributed by atoms with E-state index in [0.29, 0.717) is 6.04 Å². The molecule has 2 rings (SSSR count). The molecule has 3 N–H and O–H groups in total. The first-order chi connectivity index (χ1) is 6.20. The van der Waals surface area contributed by atoms with Crippen LogP contribution in [-0.4, -0.2) is 13.0 Å². The number of nitrogens with two attached hydrogens (primary N) is 1. The molecule has 0 bridgehead atoms. The zero-order valence-corrected chi connectivity index (χ0v) is 7.24. The van der Waals surface area contributed by atoms with Crippen LogP contribution in [0.4, 0.5) is 5.69 Å². The number of hydrogen-bond acceptors (Lipinski definition) is 3. The third-order valence-corrected chi connectivity index (χ3v) is 2.06. The maximum atomic E-state index is 11.0. The van der Waals surface area contributed by atoms with Gasteiger partial charge < -0.3 is 10.7 Å². The van der Waals surface area contributed by atoms with Crippen molar-refractivity contribution < 1.29 is 4.79 Å². The lowest BCUT2D eigenvalue weighted by molar-refractivity contribution is -0.116. The van der Waals surface area contributed by atoms with Gasteiger partial charge >= 0.3 is 0 Å². The second-order valence-corrected chi connectivity index (χ2v) is 2.93. The van der Waals surface area contributed by atoms with E-state index in [1.807, 2.05) is 31.3 Å². The van der Waals surface area contributed by atoms with Crippen molar-refractivity contribution in [3.8, 4) is 0 Å². The van der Waals surface area contributed by atoms with Gasteiger partial charge in [0.2, 0.25) is 5.91 Å². The average Bonchev–Trinajstić information content (AvgIpc) is 2.45. The number of fused-ring (bicyclic) bond motifs is 1. The Hall–Kier alpha value is -1.55. The smallest absolute Gasteiger partial charge is 0.247 e. The quantitative estimate of drug-likeness (QED) is 0.633. The van der Waals surface area contributed by atoms with Crippen LogP contribution in [0.2, 0.25) is 0 Å². The van der Waals surface area contributed by atoms with Gasteiger partial charge in [-0.3, -0.25) is 4.79 Å². The van der Waals surface area contributed by atoms with E-state index < -0.39 is 5.91 Å². The minimum Gasteiger partial charge on any atom is -0.368 e. The van der Waals surface area contributed by atoms with Crippen LogP contribution in [0, 0.1) is 6.04 Å². The summed E-state index contributed by atoms with van der Waals surface area (Å²) in [6.07, 6.45) is 0. The SMILES string of the molecule is CN1N[C](C(N)=O)c2ccccc21. The number of primary amides is 1. The van der Waals surface area contributed by atoms with Crippen molar-refractivity contribution in [2.45, 2.75) is 0 Å². The number of rotatable bonds is 1. The van der Waals surface area contributed by atoms with Crippen molar-refractivity contribution >= 4 is 11.6 Å². The molecule has 1 aliphatic rings. The highest BCUT2D eigenvalue weighted by Crippen LogP contribution is 2.29. The van der Waals surface area contributed by atoms with Crippen LogP contribution in [0.25, 0.3) is 0 Å². The molecule has 0 fully saturated rings. The van der Waals surface area contributed by atoms with Gasteiger partial charge in [0.25, 0.3) is 0 Å². The molecular weight excluding hydrogens is 166 g/mol. The van der Waals surface area contributed by atoms with Crippen LogP contribution in [0.15, 0.2) is 24.3 Å². The van der Waals surface area contributed by atoms with E-state index in [-0.39, 0.29) is 0 Å². The van der Waals surface area contributed by atoms with Crippen LogP contribution in [0.1, 0.15) is 5.56 Å². The lowest BCUT2D eigenvalue weighted by Crippen LogP contribution is -2.37. The van der Waals surface area contributed by atoms with Crippen molar-refractivity contribution in [2.75, 3.05) is 12.1 Å². The highest BCUT2D eigenvalue weighted by molar-refractivity contribution is 5.96. The molecule has 0 atom stereocenters. The van der Waals surface area contributed by atoms with Crippen molar-refractivity contribution in [3.05, 3.63) is 35.9 Å². The number of carbonyl (C=O) groups is 1. The van der Waals surface area contributed by atoms with Crippen molar-refractivity contribution in [3.63, 3.8) is 0 Å².